The summed E-state index contributed by atoms with van der Waals surface area (Å²) in [5.41, 5.74) is 4.09. The maximum atomic E-state index is 4.60. The van der Waals surface area contributed by atoms with Gasteiger partial charge in [0.05, 0.1) is 23.1 Å². The van der Waals surface area contributed by atoms with Crippen molar-refractivity contribution in [1.82, 2.24) is 24.8 Å². The van der Waals surface area contributed by atoms with Crippen molar-refractivity contribution in [3.8, 4) is 0 Å². The molecule has 2 aromatic rings. The van der Waals surface area contributed by atoms with Gasteiger partial charge < -0.3 is 4.90 Å². The van der Waals surface area contributed by atoms with Crippen molar-refractivity contribution in [2.24, 2.45) is 5.92 Å². The van der Waals surface area contributed by atoms with Crippen LogP contribution in [0.25, 0.3) is 0 Å². The first kappa shape index (κ1) is 16.5. The minimum Gasteiger partial charge on any atom is -0.304 e. The minimum absolute atomic E-state index is 0.738. The van der Waals surface area contributed by atoms with Crippen LogP contribution in [0.4, 0.5) is 0 Å². The predicted molar refractivity (Wildman–Crippen MR) is 93.2 cm³/mol. The molecule has 0 aliphatic carbocycles. The molecule has 0 radical (unpaired) electrons. The Morgan fingerprint density at radius 2 is 1.87 bits per heavy atom. The lowest BCUT2D eigenvalue weighted by molar-refractivity contribution is 0.177. The van der Waals surface area contributed by atoms with Crippen molar-refractivity contribution in [2.75, 3.05) is 27.2 Å². The molecule has 1 fully saturated rings. The largest absolute Gasteiger partial charge is 0.304 e. The SMILES string of the molecule is CN(C)Cc1cnc(CC2CCN(Cc3cncs3)CC2)cn1. The lowest BCUT2D eigenvalue weighted by atomic mass is 9.92. The molecule has 0 spiro atoms. The summed E-state index contributed by atoms with van der Waals surface area (Å²) in [5.74, 6) is 0.738. The van der Waals surface area contributed by atoms with Gasteiger partial charge in [-0.25, -0.2) is 0 Å². The van der Waals surface area contributed by atoms with Crippen molar-refractivity contribution in [3.05, 3.63) is 40.4 Å². The average molecular weight is 331 g/mol. The quantitative estimate of drug-likeness (QED) is 0.813. The molecular weight excluding hydrogens is 306 g/mol. The highest BCUT2D eigenvalue weighted by molar-refractivity contribution is 7.09. The molecule has 1 aliphatic heterocycles. The summed E-state index contributed by atoms with van der Waals surface area (Å²) in [6, 6.07) is 0. The molecule has 1 aliphatic rings. The zero-order chi connectivity index (χ0) is 16.1. The maximum Gasteiger partial charge on any atom is 0.0794 e. The molecule has 0 saturated carbocycles. The van der Waals surface area contributed by atoms with Crippen LogP contribution in [0.15, 0.2) is 24.1 Å². The molecule has 23 heavy (non-hydrogen) atoms. The van der Waals surface area contributed by atoms with Crippen molar-refractivity contribution >= 4 is 11.3 Å². The fourth-order valence-corrected chi connectivity index (χ4v) is 3.71. The van der Waals surface area contributed by atoms with Crippen LogP contribution in [0.5, 0.6) is 0 Å². The molecule has 0 atom stereocenters. The summed E-state index contributed by atoms with van der Waals surface area (Å²) in [4.78, 5) is 19.3. The van der Waals surface area contributed by atoms with Crippen molar-refractivity contribution in [2.45, 2.75) is 32.4 Å². The molecule has 3 heterocycles. The van der Waals surface area contributed by atoms with E-state index in [4.69, 9.17) is 0 Å². The average Bonchev–Trinajstić information content (AvgIpc) is 3.04. The third-order valence-electron chi connectivity index (χ3n) is 4.30. The van der Waals surface area contributed by atoms with E-state index in [0.29, 0.717) is 0 Å². The van der Waals surface area contributed by atoms with Crippen LogP contribution in [0, 0.1) is 5.92 Å². The highest BCUT2D eigenvalue weighted by atomic mass is 32.1. The van der Waals surface area contributed by atoms with E-state index in [1.54, 1.807) is 11.3 Å². The molecule has 6 heteroatoms. The van der Waals surface area contributed by atoms with Gasteiger partial charge in [-0.2, -0.15) is 0 Å². The smallest absolute Gasteiger partial charge is 0.0794 e. The van der Waals surface area contributed by atoms with Gasteiger partial charge in [-0.05, 0) is 52.4 Å². The molecule has 124 valence electrons. The van der Waals surface area contributed by atoms with Crippen LogP contribution in [0.3, 0.4) is 0 Å². The van der Waals surface area contributed by atoms with E-state index in [1.807, 2.05) is 24.1 Å². The summed E-state index contributed by atoms with van der Waals surface area (Å²) in [5, 5.41) is 0. The maximum absolute atomic E-state index is 4.60. The summed E-state index contributed by atoms with van der Waals surface area (Å²) < 4.78 is 0. The standard InChI is InChI=1S/C17H25N5S/c1-21(2)11-16-9-19-15(8-20-16)7-14-3-5-22(6-4-14)12-17-10-18-13-23-17/h8-10,13-14H,3-7,11-12H2,1-2H3. The van der Waals surface area contributed by atoms with Crippen LogP contribution in [-0.4, -0.2) is 51.9 Å². The zero-order valence-corrected chi connectivity index (χ0v) is 14.8. The first-order chi connectivity index (χ1) is 11.2. The molecule has 0 amide bonds. The fourth-order valence-electron chi connectivity index (χ4n) is 3.08. The Morgan fingerprint density at radius 1 is 1.13 bits per heavy atom. The fraction of sp³-hybridized carbons (Fsp3) is 0.588. The zero-order valence-electron chi connectivity index (χ0n) is 14.0. The monoisotopic (exact) mass is 331 g/mol. The van der Waals surface area contributed by atoms with Crippen molar-refractivity contribution in [1.29, 1.82) is 0 Å². The van der Waals surface area contributed by atoms with Gasteiger partial charge >= 0.3 is 0 Å². The van der Waals surface area contributed by atoms with Crippen LogP contribution in [0.2, 0.25) is 0 Å². The summed E-state index contributed by atoms with van der Waals surface area (Å²) in [6.07, 6.45) is 9.43. The molecule has 5 nitrogen and oxygen atoms in total. The lowest BCUT2D eigenvalue weighted by Crippen LogP contribution is -2.33. The highest BCUT2D eigenvalue weighted by Crippen LogP contribution is 2.22. The number of hydrogen-bond donors (Lipinski definition) is 0. The molecule has 2 aromatic heterocycles. The third kappa shape index (κ3) is 5.06. The number of rotatable bonds is 6. The molecular formula is C17H25N5S. The second-order valence-corrected chi connectivity index (χ2v) is 7.60. The first-order valence-corrected chi connectivity index (χ1v) is 9.11. The third-order valence-corrected chi connectivity index (χ3v) is 5.07. The number of aromatic nitrogens is 3. The van der Waals surface area contributed by atoms with Crippen molar-refractivity contribution in [3.63, 3.8) is 0 Å². The van der Waals surface area contributed by atoms with E-state index in [2.05, 4.69) is 38.8 Å². The molecule has 0 unspecified atom stereocenters. The van der Waals surface area contributed by atoms with E-state index in [1.165, 1.54) is 30.8 Å². The van der Waals surface area contributed by atoms with Crippen LogP contribution < -0.4 is 0 Å². The summed E-state index contributed by atoms with van der Waals surface area (Å²) >= 11 is 1.75. The second kappa shape index (κ2) is 7.95. The van der Waals surface area contributed by atoms with Gasteiger partial charge in [0.1, 0.15) is 0 Å². The molecule has 3 rings (SSSR count). The van der Waals surface area contributed by atoms with Gasteiger partial charge in [0.25, 0.3) is 0 Å². The first-order valence-electron chi connectivity index (χ1n) is 8.23. The van der Waals surface area contributed by atoms with Crippen LogP contribution in [0.1, 0.15) is 29.1 Å². The Hall–Kier alpha value is -1.37. The van der Waals surface area contributed by atoms with E-state index < -0.39 is 0 Å². The Kier molecular flexibility index (Phi) is 5.70. The predicted octanol–water partition coefficient (Wildman–Crippen LogP) is 2.45. The summed E-state index contributed by atoms with van der Waals surface area (Å²) in [6.45, 7) is 4.25. The van der Waals surface area contributed by atoms with Gasteiger partial charge in [-0.15, -0.1) is 11.3 Å². The van der Waals surface area contributed by atoms with Gasteiger partial charge in [0, 0.05) is 30.4 Å². The van der Waals surface area contributed by atoms with E-state index in [9.17, 15) is 0 Å². The molecule has 1 saturated heterocycles. The van der Waals surface area contributed by atoms with E-state index in [0.717, 1.165) is 36.8 Å². The van der Waals surface area contributed by atoms with Gasteiger partial charge in [0.2, 0.25) is 0 Å². The number of thiazole rings is 1. The van der Waals surface area contributed by atoms with Gasteiger partial charge in [-0.3, -0.25) is 19.9 Å². The van der Waals surface area contributed by atoms with Crippen LogP contribution >= 0.6 is 11.3 Å². The van der Waals surface area contributed by atoms with Crippen molar-refractivity contribution < 1.29 is 0 Å². The lowest BCUT2D eigenvalue weighted by Gasteiger charge is -2.31. The number of likely N-dealkylation sites (tertiary alicyclic amines) is 1. The Balaban J connectivity index is 1.45. The number of nitrogens with zero attached hydrogens (tertiary/aromatic N) is 5. The van der Waals surface area contributed by atoms with E-state index >= 15 is 0 Å². The highest BCUT2D eigenvalue weighted by Gasteiger charge is 2.20. The minimum atomic E-state index is 0.738. The van der Waals surface area contributed by atoms with E-state index in [-0.39, 0.29) is 0 Å². The normalized spacial score (nSPS) is 17.0. The second-order valence-electron chi connectivity index (χ2n) is 6.63. The number of piperidine rings is 1. The van der Waals surface area contributed by atoms with Gasteiger partial charge in [0.15, 0.2) is 0 Å². The Labute approximate surface area is 142 Å². The summed E-state index contributed by atoms with van der Waals surface area (Å²) in [7, 11) is 4.10. The molecule has 0 bridgehead atoms. The molecule has 0 N–H and O–H groups in total. The molecule has 0 aromatic carbocycles. The Morgan fingerprint density at radius 3 is 2.48 bits per heavy atom. The van der Waals surface area contributed by atoms with Gasteiger partial charge in [-0.1, -0.05) is 0 Å². The number of hydrogen-bond acceptors (Lipinski definition) is 6. The van der Waals surface area contributed by atoms with Crippen LogP contribution in [-0.2, 0) is 19.5 Å². The Bertz CT molecular complexity index is 574. The topological polar surface area (TPSA) is 45.2 Å².